The molecular weight excluding hydrogens is 446 g/mol. The highest BCUT2D eigenvalue weighted by atomic mass is 32.1. The van der Waals surface area contributed by atoms with Crippen LogP contribution in [0.25, 0.3) is 0 Å². The molecule has 0 spiro atoms. The first kappa shape index (κ1) is 26.2. The maximum Gasteiger partial charge on any atom is 0.412 e. The van der Waals surface area contributed by atoms with Gasteiger partial charge in [0.05, 0.1) is 19.0 Å². The lowest BCUT2D eigenvalue weighted by Gasteiger charge is -2.26. The van der Waals surface area contributed by atoms with E-state index in [-0.39, 0.29) is 37.3 Å². The molecule has 178 valence electrons. The molecule has 0 heterocycles. The monoisotopic (exact) mass is 475 g/mol. The van der Waals surface area contributed by atoms with Crippen LogP contribution in [0.1, 0.15) is 42.3 Å². The molecule has 0 aliphatic rings. The van der Waals surface area contributed by atoms with E-state index in [1.807, 2.05) is 6.92 Å². The highest BCUT2D eigenvalue weighted by molar-refractivity contribution is 7.81. The third kappa shape index (κ3) is 8.43. The molecule has 0 bridgehead atoms. The summed E-state index contributed by atoms with van der Waals surface area (Å²) in [5.41, 5.74) is 1.64. The predicted octanol–water partition coefficient (Wildman–Crippen LogP) is 4.05. The summed E-state index contributed by atoms with van der Waals surface area (Å²) in [7, 11) is 0. The van der Waals surface area contributed by atoms with Gasteiger partial charge < -0.3 is 19.3 Å². The van der Waals surface area contributed by atoms with Crippen molar-refractivity contribution in [2.45, 2.75) is 26.4 Å². The molecule has 0 unspecified atom stereocenters. The smallest absolute Gasteiger partial charge is 0.412 e. The molecule has 9 heteroatoms. The Labute approximate surface area is 198 Å². The Morgan fingerprint density at radius 1 is 1.06 bits per heavy atom. The number of benzene rings is 2. The molecule has 0 saturated carbocycles. The fourth-order valence-corrected chi connectivity index (χ4v) is 3.19. The lowest BCUT2D eigenvalue weighted by Crippen LogP contribution is -2.24. The molecule has 33 heavy (non-hydrogen) atoms. The standard InChI is InChI=1S/C24H29NO7S/c1-16(11-13-31-22(28)15-33)23(20-5-3-4-6-21(20)30-14-12-26)32-24(29)25-19-9-7-18(8-10-19)17(2)27/h3-10,16,23,26,33H,11-15H2,1-2H3,(H,25,29)/t16-,23+/m0/s1. The SMILES string of the molecule is CC(=O)c1ccc(NC(=O)O[C@@H](c2ccccc2OCCO)[C@@H](C)CCOC(=O)CS)cc1. The molecule has 0 fully saturated rings. The fraction of sp³-hybridized carbons (Fsp3) is 0.375. The third-order valence-corrected chi connectivity index (χ3v) is 5.09. The number of Topliss-reactive ketones (excluding diaryl/α,β-unsaturated/α-hetero) is 1. The number of anilines is 1. The van der Waals surface area contributed by atoms with Crippen molar-refractivity contribution in [1.29, 1.82) is 0 Å². The van der Waals surface area contributed by atoms with Crippen molar-refractivity contribution in [3.8, 4) is 5.75 Å². The minimum absolute atomic E-state index is 0.0169. The summed E-state index contributed by atoms with van der Waals surface area (Å²) in [6, 6.07) is 13.6. The molecule has 0 aromatic heterocycles. The summed E-state index contributed by atoms with van der Waals surface area (Å²) in [4.78, 5) is 35.5. The lowest BCUT2D eigenvalue weighted by molar-refractivity contribution is -0.141. The van der Waals surface area contributed by atoms with E-state index in [0.29, 0.717) is 29.0 Å². The Kier molecular flexibility index (Phi) is 10.7. The van der Waals surface area contributed by atoms with Gasteiger partial charge in [-0.3, -0.25) is 14.9 Å². The van der Waals surface area contributed by atoms with E-state index in [1.54, 1.807) is 48.5 Å². The van der Waals surface area contributed by atoms with Gasteiger partial charge in [-0.05, 0) is 43.7 Å². The van der Waals surface area contributed by atoms with Crippen molar-refractivity contribution < 1.29 is 33.7 Å². The number of rotatable bonds is 12. The Hall–Kier alpha value is -3.04. The molecule has 0 saturated heterocycles. The van der Waals surface area contributed by atoms with Gasteiger partial charge in [0.15, 0.2) is 5.78 Å². The number of para-hydroxylation sites is 1. The van der Waals surface area contributed by atoms with Crippen molar-refractivity contribution >= 4 is 36.2 Å². The second-order valence-corrected chi connectivity index (χ2v) is 7.66. The highest BCUT2D eigenvalue weighted by Crippen LogP contribution is 2.35. The second-order valence-electron chi connectivity index (χ2n) is 7.34. The quantitative estimate of drug-likeness (QED) is 0.241. The molecule has 0 radical (unpaired) electrons. The number of thiol groups is 1. The number of amides is 1. The third-order valence-electron chi connectivity index (χ3n) is 4.83. The van der Waals surface area contributed by atoms with Crippen molar-refractivity contribution in [2.75, 3.05) is 30.9 Å². The predicted molar refractivity (Wildman–Crippen MR) is 127 cm³/mol. The molecule has 2 aromatic carbocycles. The van der Waals surface area contributed by atoms with Crippen LogP contribution in [-0.4, -0.2) is 48.5 Å². The van der Waals surface area contributed by atoms with Gasteiger partial charge >= 0.3 is 12.1 Å². The largest absolute Gasteiger partial charge is 0.491 e. The number of aliphatic hydroxyl groups excluding tert-OH is 1. The zero-order valence-corrected chi connectivity index (χ0v) is 19.5. The molecule has 2 aromatic rings. The molecule has 0 aliphatic heterocycles. The average Bonchev–Trinajstić information content (AvgIpc) is 2.81. The van der Waals surface area contributed by atoms with Crippen LogP contribution in [0.15, 0.2) is 48.5 Å². The van der Waals surface area contributed by atoms with Crippen LogP contribution in [0.2, 0.25) is 0 Å². The number of nitrogens with one attached hydrogen (secondary N) is 1. The van der Waals surface area contributed by atoms with E-state index < -0.39 is 18.2 Å². The van der Waals surface area contributed by atoms with Crippen LogP contribution in [0.4, 0.5) is 10.5 Å². The molecule has 0 aliphatic carbocycles. The van der Waals surface area contributed by atoms with Gasteiger partial charge in [-0.2, -0.15) is 12.6 Å². The van der Waals surface area contributed by atoms with Crippen LogP contribution < -0.4 is 10.1 Å². The van der Waals surface area contributed by atoms with Crippen molar-refractivity contribution in [1.82, 2.24) is 0 Å². The van der Waals surface area contributed by atoms with E-state index >= 15 is 0 Å². The molecular formula is C24H29NO7S. The average molecular weight is 476 g/mol. The lowest BCUT2D eigenvalue weighted by atomic mass is 9.94. The van der Waals surface area contributed by atoms with Gasteiger partial charge in [0, 0.05) is 22.7 Å². The molecule has 2 atom stereocenters. The number of aliphatic hydroxyl groups is 1. The Bertz CT molecular complexity index is 933. The first-order valence-electron chi connectivity index (χ1n) is 10.5. The van der Waals surface area contributed by atoms with Crippen LogP contribution >= 0.6 is 12.6 Å². The summed E-state index contributed by atoms with van der Waals surface area (Å²) < 4.78 is 16.5. The minimum Gasteiger partial charge on any atom is -0.491 e. The van der Waals surface area contributed by atoms with Gasteiger partial charge in [0.2, 0.25) is 0 Å². The summed E-state index contributed by atoms with van der Waals surface area (Å²) in [6.07, 6.45) is -0.975. The summed E-state index contributed by atoms with van der Waals surface area (Å²) in [5, 5.41) is 11.8. The number of carbonyl (C=O) groups is 3. The topological polar surface area (TPSA) is 111 Å². The summed E-state index contributed by atoms with van der Waals surface area (Å²) in [6.45, 7) is 3.41. The highest BCUT2D eigenvalue weighted by Gasteiger charge is 2.27. The van der Waals surface area contributed by atoms with Crippen molar-refractivity contribution in [2.24, 2.45) is 5.92 Å². The van der Waals surface area contributed by atoms with Crippen molar-refractivity contribution in [3.63, 3.8) is 0 Å². The Balaban J connectivity index is 2.18. The minimum atomic E-state index is -0.717. The van der Waals surface area contributed by atoms with Crippen LogP contribution in [0.5, 0.6) is 5.75 Å². The number of hydrogen-bond acceptors (Lipinski definition) is 8. The van der Waals surface area contributed by atoms with Crippen LogP contribution in [0, 0.1) is 5.92 Å². The Morgan fingerprint density at radius 3 is 2.39 bits per heavy atom. The van der Waals surface area contributed by atoms with Gasteiger partial charge in [0.25, 0.3) is 0 Å². The number of ether oxygens (including phenoxy) is 3. The van der Waals surface area contributed by atoms with Crippen LogP contribution in [0.3, 0.4) is 0 Å². The van der Waals surface area contributed by atoms with E-state index in [0.717, 1.165) is 0 Å². The number of esters is 1. The molecule has 2 rings (SSSR count). The molecule has 8 nitrogen and oxygen atoms in total. The van der Waals surface area contributed by atoms with Gasteiger partial charge in [-0.15, -0.1) is 0 Å². The number of hydrogen-bond donors (Lipinski definition) is 3. The first-order chi connectivity index (χ1) is 15.8. The fourth-order valence-electron chi connectivity index (χ4n) is 3.10. The normalized spacial score (nSPS) is 12.4. The Morgan fingerprint density at radius 2 is 1.76 bits per heavy atom. The van der Waals surface area contributed by atoms with E-state index in [2.05, 4.69) is 17.9 Å². The maximum atomic E-state index is 12.7. The first-order valence-corrected chi connectivity index (χ1v) is 11.2. The van der Waals surface area contributed by atoms with E-state index in [4.69, 9.17) is 19.3 Å². The van der Waals surface area contributed by atoms with Crippen LogP contribution in [-0.2, 0) is 14.3 Å². The molecule has 2 N–H and O–H groups in total. The molecule has 1 amide bonds. The van der Waals surface area contributed by atoms with E-state index in [1.165, 1.54) is 6.92 Å². The number of ketones is 1. The zero-order valence-electron chi connectivity index (χ0n) is 18.7. The second kappa shape index (κ2) is 13.5. The van der Waals surface area contributed by atoms with Gasteiger partial charge in [-0.25, -0.2) is 4.79 Å². The maximum absolute atomic E-state index is 12.7. The number of carbonyl (C=O) groups excluding carboxylic acids is 3. The van der Waals surface area contributed by atoms with Crippen molar-refractivity contribution in [3.05, 3.63) is 59.7 Å². The zero-order chi connectivity index (χ0) is 24.2. The summed E-state index contributed by atoms with van der Waals surface area (Å²) in [5.74, 6) is -0.272. The van der Waals surface area contributed by atoms with E-state index in [9.17, 15) is 14.4 Å². The van der Waals surface area contributed by atoms with Gasteiger partial charge in [0.1, 0.15) is 18.5 Å². The van der Waals surface area contributed by atoms with Gasteiger partial charge in [-0.1, -0.05) is 25.1 Å². The summed E-state index contributed by atoms with van der Waals surface area (Å²) >= 11 is 3.89.